The molecule has 0 bridgehead atoms. The van der Waals surface area contributed by atoms with Gasteiger partial charge in [-0.1, -0.05) is 12.1 Å². The molecule has 0 aromatic heterocycles. The summed E-state index contributed by atoms with van der Waals surface area (Å²) in [6.45, 7) is 2.07. The molecule has 0 amide bonds. The van der Waals surface area contributed by atoms with Crippen molar-refractivity contribution in [2.24, 2.45) is 0 Å². The highest BCUT2D eigenvalue weighted by Gasteiger charge is 2.12. The van der Waals surface area contributed by atoms with Crippen molar-refractivity contribution < 1.29 is 13.8 Å². The Morgan fingerprint density at radius 1 is 1.46 bits per heavy atom. The maximum absolute atomic E-state index is 11.3. The second-order valence-corrected chi connectivity index (χ2v) is 2.45. The summed E-state index contributed by atoms with van der Waals surface area (Å²) >= 11 is 5.17. The molecule has 0 saturated carbocycles. The quantitative estimate of drug-likeness (QED) is 0.703. The van der Waals surface area contributed by atoms with Gasteiger partial charge in [0.05, 0.1) is 6.61 Å². The topological polar surface area (TPSA) is 35.5 Å². The summed E-state index contributed by atoms with van der Waals surface area (Å²) in [5.41, 5.74) is 0.333. The number of para-hydroxylation sites is 1. The Bertz CT molecular complexity index is 299. The third-order valence-corrected chi connectivity index (χ3v) is 1.63. The average molecular weight is 201 g/mol. The molecule has 0 heterocycles. The average Bonchev–Trinajstić information content (AvgIpc) is 2.18. The van der Waals surface area contributed by atoms with Gasteiger partial charge in [0.25, 0.3) is 0 Å². The van der Waals surface area contributed by atoms with Crippen LogP contribution < -0.4 is 4.29 Å². The van der Waals surface area contributed by atoms with E-state index < -0.39 is 5.97 Å². The van der Waals surface area contributed by atoms with Crippen LogP contribution in [0.4, 0.5) is 0 Å². The van der Waals surface area contributed by atoms with Crippen LogP contribution in [-0.2, 0) is 4.74 Å². The summed E-state index contributed by atoms with van der Waals surface area (Å²) < 4.78 is 9.28. The van der Waals surface area contributed by atoms with E-state index in [0.29, 0.717) is 17.9 Å². The van der Waals surface area contributed by atoms with Crippen molar-refractivity contribution in [2.45, 2.75) is 6.92 Å². The van der Waals surface area contributed by atoms with Gasteiger partial charge in [-0.2, -0.15) is 0 Å². The van der Waals surface area contributed by atoms with E-state index >= 15 is 0 Å². The Balaban J connectivity index is 2.92. The molecule has 0 fully saturated rings. The highest BCUT2D eigenvalue weighted by atomic mass is 35.5. The van der Waals surface area contributed by atoms with Gasteiger partial charge < -0.3 is 9.03 Å². The summed E-state index contributed by atoms with van der Waals surface area (Å²) in [6.07, 6.45) is 0. The fraction of sp³-hybridized carbons (Fsp3) is 0.222. The predicted octanol–water partition coefficient (Wildman–Crippen LogP) is 2.40. The molecular formula is C9H9ClO3. The lowest BCUT2D eigenvalue weighted by atomic mass is 10.2. The first kappa shape index (κ1) is 9.86. The zero-order valence-corrected chi connectivity index (χ0v) is 7.88. The van der Waals surface area contributed by atoms with Crippen LogP contribution in [0.15, 0.2) is 24.3 Å². The zero-order valence-electron chi connectivity index (χ0n) is 7.12. The molecule has 3 nitrogen and oxygen atoms in total. The Labute approximate surface area is 81.4 Å². The predicted molar refractivity (Wildman–Crippen MR) is 48.9 cm³/mol. The van der Waals surface area contributed by atoms with E-state index in [1.54, 1.807) is 31.2 Å². The normalized spacial score (nSPS) is 9.38. The van der Waals surface area contributed by atoms with Crippen molar-refractivity contribution in [1.82, 2.24) is 0 Å². The van der Waals surface area contributed by atoms with Gasteiger partial charge in [0.2, 0.25) is 0 Å². The number of ether oxygens (including phenoxy) is 1. The Morgan fingerprint density at radius 3 is 2.77 bits per heavy atom. The number of hydrogen-bond acceptors (Lipinski definition) is 3. The first-order chi connectivity index (χ1) is 6.29. The molecule has 0 aliphatic rings. The van der Waals surface area contributed by atoms with Crippen molar-refractivity contribution in [3.8, 4) is 5.75 Å². The maximum atomic E-state index is 11.3. The van der Waals surface area contributed by atoms with Crippen LogP contribution in [0.1, 0.15) is 17.3 Å². The van der Waals surface area contributed by atoms with E-state index in [-0.39, 0.29) is 0 Å². The molecule has 0 atom stereocenters. The molecule has 13 heavy (non-hydrogen) atoms. The molecule has 70 valence electrons. The number of halogens is 1. The van der Waals surface area contributed by atoms with Crippen molar-refractivity contribution in [1.29, 1.82) is 0 Å². The molecular weight excluding hydrogens is 192 g/mol. The van der Waals surface area contributed by atoms with Crippen LogP contribution in [0.25, 0.3) is 0 Å². The summed E-state index contributed by atoms with van der Waals surface area (Å²) in [4.78, 5) is 11.3. The first-order valence-corrected chi connectivity index (χ1v) is 4.15. The van der Waals surface area contributed by atoms with Crippen molar-refractivity contribution >= 4 is 17.8 Å². The molecule has 0 radical (unpaired) electrons. The van der Waals surface area contributed by atoms with Crippen LogP contribution >= 0.6 is 11.9 Å². The van der Waals surface area contributed by atoms with Gasteiger partial charge in [-0.25, -0.2) is 4.79 Å². The summed E-state index contributed by atoms with van der Waals surface area (Å²) in [7, 11) is 0. The molecule has 0 spiro atoms. The standard InChI is InChI=1S/C9H9ClO3/c1-2-12-9(11)7-5-3-4-6-8(7)13-10/h3-6H,2H2,1H3. The number of carbonyl (C=O) groups is 1. The van der Waals surface area contributed by atoms with Gasteiger partial charge in [0.1, 0.15) is 17.4 Å². The molecule has 4 heteroatoms. The largest absolute Gasteiger partial charge is 0.462 e. The van der Waals surface area contributed by atoms with Crippen LogP contribution in [0, 0.1) is 0 Å². The fourth-order valence-electron chi connectivity index (χ4n) is 0.911. The van der Waals surface area contributed by atoms with Crippen LogP contribution in [0.2, 0.25) is 0 Å². The number of benzene rings is 1. The minimum absolute atomic E-state index is 0.308. The summed E-state index contributed by atoms with van der Waals surface area (Å²) in [5, 5.41) is 0. The maximum Gasteiger partial charge on any atom is 0.341 e. The minimum atomic E-state index is -0.432. The Morgan fingerprint density at radius 2 is 2.15 bits per heavy atom. The van der Waals surface area contributed by atoms with Crippen molar-refractivity contribution in [3.63, 3.8) is 0 Å². The van der Waals surface area contributed by atoms with E-state index in [1.165, 1.54) is 0 Å². The molecule has 1 rings (SSSR count). The molecule has 0 unspecified atom stereocenters. The molecule has 0 saturated heterocycles. The number of rotatable bonds is 3. The fourth-order valence-corrected chi connectivity index (χ4v) is 1.05. The molecule has 1 aromatic carbocycles. The van der Waals surface area contributed by atoms with Crippen molar-refractivity contribution in [2.75, 3.05) is 6.61 Å². The highest BCUT2D eigenvalue weighted by molar-refractivity contribution is 6.10. The van der Waals surface area contributed by atoms with Crippen LogP contribution in [0.3, 0.4) is 0 Å². The minimum Gasteiger partial charge on any atom is -0.462 e. The van der Waals surface area contributed by atoms with Crippen molar-refractivity contribution in [3.05, 3.63) is 29.8 Å². The molecule has 1 aromatic rings. The smallest absolute Gasteiger partial charge is 0.341 e. The number of esters is 1. The third kappa shape index (κ3) is 2.36. The Kier molecular flexibility index (Phi) is 3.58. The summed E-state index contributed by atoms with van der Waals surface area (Å²) in [6, 6.07) is 6.63. The van der Waals surface area contributed by atoms with Gasteiger partial charge in [0, 0.05) is 0 Å². The Hall–Kier alpha value is -1.22. The van der Waals surface area contributed by atoms with Gasteiger partial charge in [-0.05, 0) is 19.1 Å². The van der Waals surface area contributed by atoms with E-state index in [4.69, 9.17) is 16.6 Å². The zero-order chi connectivity index (χ0) is 9.68. The van der Waals surface area contributed by atoms with Crippen LogP contribution in [0.5, 0.6) is 5.75 Å². The molecule has 0 aliphatic carbocycles. The number of carbonyl (C=O) groups excluding carboxylic acids is 1. The lowest BCUT2D eigenvalue weighted by Gasteiger charge is -2.04. The van der Waals surface area contributed by atoms with E-state index in [2.05, 4.69) is 4.29 Å². The number of hydrogen-bond donors (Lipinski definition) is 0. The third-order valence-electron chi connectivity index (χ3n) is 1.47. The van der Waals surface area contributed by atoms with Gasteiger partial charge >= 0.3 is 5.97 Å². The monoisotopic (exact) mass is 200 g/mol. The first-order valence-electron chi connectivity index (χ1n) is 3.84. The second-order valence-electron chi connectivity index (χ2n) is 2.29. The second kappa shape index (κ2) is 4.72. The van der Waals surface area contributed by atoms with Gasteiger partial charge in [0.15, 0.2) is 5.75 Å². The molecule has 0 N–H and O–H groups in total. The van der Waals surface area contributed by atoms with E-state index in [0.717, 1.165) is 0 Å². The van der Waals surface area contributed by atoms with E-state index in [9.17, 15) is 4.79 Å². The SMILES string of the molecule is CCOC(=O)c1ccccc1OCl. The van der Waals surface area contributed by atoms with E-state index in [1.807, 2.05) is 0 Å². The lowest BCUT2D eigenvalue weighted by molar-refractivity contribution is 0.0524. The lowest BCUT2D eigenvalue weighted by Crippen LogP contribution is -2.05. The van der Waals surface area contributed by atoms with Gasteiger partial charge in [-0.15, -0.1) is 0 Å². The van der Waals surface area contributed by atoms with Gasteiger partial charge in [-0.3, -0.25) is 0 Å². The van der Waals surface area contributed by atoms with Crippen LogP contribution in [-0.4, -0.2) is 12.6 Å². The molecule has 0 aliphatic heterocycles. The highest BCUT2D eigenvalue weighted by Crippen LogP contribution is 2.19. The summed E-state index contributed by atoms with van der Waals surface area (Å²) in [5.74, 6) is -0.124.